The average Bonchev–Trinajstić information content (AvgIpc) is 3.08. The molecule has 2 aromatic rings. The minimum absolute atomic E-state index is 0.0908. The van der Waals surface area contributed by atoms with Crippen molar-refractivity contribution in [3.63, 3.8) is 0 Å². The number of halogens is 1. The standard InChI is InChI=1S/C32H41ClN2O4S/c1-4-5-22-14-26(33)9-11-27(22)25-17-35-16-24-7-10-28(24)30(36)12-6-20(2)21(3)19-40(38)34-32(37)23-8-13-31(39-18-25)29(35)15-23/h6,8-9,11-15,20-21,24-25,28,30,36H,4-5,7,10,16-19H2,1-3H3,(H,34,37)/b12-6+/t20-,21?,24?,25?,28?,30?,40?/m0/s1. The van der Waals surface area contributed by atoms with Crippen molar-refractivity contribution in [3.8, 4) is 5.75 Å². The van der Waals surface area contributed by atoms with E-state index in [9.17, 15) is 14.1 Å². The van der Waals surface area contributed by atoms with Crippen LogP contribution in [0.1, 0.15) is 67.4 Å². The third kappa shape index (κ3) is 6.42. The molecule has 8 heteroatoms. The lowest BCUT2D eigenvalue weighted by atomic mass is 9.70. The highest BCUT2D eigenvalue weighted by Crippen LogP contribution is 2.42. The molecule has 1 fully saturated rings. The summed E-state index contributed by atoms with van der Waals surface area (Å²) in [5.74, 6) is 1.60. The Morgan fingerprint density at radius 1 is 1.12 bits per heavy atom. The number of carbonyl (C=O) groups is 1. The van der Waals surface area contributed by atoms with Gasteiger partial charge in [-0.25, -0.2) is 4.21 Å². The summed E-state index contributed by atoms with van der Waals surface area (Å²) >= 11 is 6.38. The topological polar surface area (TPSA) is 78.9 Å². The van der Waals surface area contributed by atoms with Gasteiger partial charge < -0.3 is 14.7 Å². The van der Waals surface area contributed by atoms with Crippen LogP contribution in [-0.4, -0.2) is 46.8 Å². The zero-order valence-corrected chi connectivity index (χ0v) is 25.2. The van der Waals surface area contributed by atoms with E-state index in [0.717, 1.165) is 55.2 Å². The molecule has 5 rings (SSSR count). The molecule has 3 aliphatic rings. The molecule has 2 bridgehead atoms. The summed E-state index contributed by atoms with van der Waals surface area (Å²) in [6.45, 7) is 8.29. The lowest BCUT2D eigenvalue weighted by Crippen LogP contribution is -2.44. The average molecular weight is 585 g/mol. The number of carbonyl (C=O) groups excluding carboxylic acids is 1. The van der Waals surface area contributed by atoms with Gasteiger partial charge in [-0.15, -0.1) is 0 Å². The number of aliphatic hydroxyl groups is 1. The number of benzene rings is 2. The Balaban J connectivity index is 1.52. The number of nitrogens with zero attached hydrogens (tertiary/aromatic N) is 1. The van der Waals surface area contributed by atoms with E-state index in [2.05, 4.69) is 35.6 Å². The van der Waals surface area contributed by atoms with Crippen LogP contribution >= 0.6 is 11.6 Å². The van der Waals surface area contributed by atoms with Crippen molar-refractivity contribution in [1.29, 1.82) is 0 Å². The van der Waals surface area contributed by atoms with E-state index in [1.54, 1.807) is 6.07 Å². The summed E-state index contributed by atoms with van der Waals surface area (Å²) in [5.41, 5.74) is 3.83. The van der Waals surface area contributed by atoms with Gasteiger partial charge in [-0.3, -0.25) is 9.52 Å². The summed E-state index contributed by atoms with van der Waals surface area (Å²) in [5, 5.41) is 11.9. The fourth-order valence-electron chi connectivity index (χ4n) is 6.22. The van der Waals surface area contributed by atoms with Crippen LogP contribution in [0.25, 0.3) is 0 Å². The minimum atomic E-state index is -1.51. The predicted octanol–water partition coefficient (Wildman–Crippen LogP) is 5.90. The van der Waals surface area contributed by atoms with Gasteiger partial charge in [0, 0.05) is 35.3 Å². The maximum Gasteiger partial charge on any atom is 0.263 e. The molecule has 1 aliphatic carbocycles. The fourth-order valence-corrected chi connectivity index (χ4v) is 7.61. The Labute approximate surface area is 245 Å². The Bertz CT molecular complexity index is 1280. The van der Waals surface area contributed by atoms with Crippen LogP contribution in [0.2, 0.25) is 5.02 Å². The zero-order valence-electron chi connectivity index (χ0n) is 23.6. The van der Waals surface area contributed by atoms with Crippen LogP contribution < -0.4 is 14.4 Å². The molecule has 6 unspecified atom stereocenters. The molecule has 7 atom stereocenters. The molecular formula is C32H41ClN2O4S. The summed E-state index contributed by atoms with van der Waals surface area (Å²) in [6.07, 6.45) is 7.48. The number of aliphatic hydroxyl groups excluding tert-OH is 1. The molecule has 0 aromatic heterocycles. The number of allylic oxidation sites excluding steroid dienone is 1. The second kappa shape index (κ2) is 12.7. The number of ether oxygens (including phenoxy) is 1. The molecule has 6 nitrogen and oxygen atoms in total. The maximum absolute atomic E-state index is 13.2. The first-order valence-corrected chi connectivity index (χ1v) is 16.3. The largest absolute Gasteiger partial charge is 0.491 e. The molecule has 0 radical (unpaired) electrons. The van der Waals surface area contributed by atoms with Crippen molar-refractivity contribution in [3.05, 3.63) is 70.3 Å². The van der Waals surface area contributed by atoms with Crippen molar-refractivity contribution in [2.75, 3.05) is 30.3 Å². The molecule has 2 N–H and O–H groups in total. The lowest BCUT2D eigenvalue weighted by molar-refractivity contribution is 0.0459. The summed E-state index contributed by atoms with van der Waals surface area (Å²) in [4.78, 5) is 15.5. The summed E-state index contributed by atoms with van der Waals surface area (Å²) in [7, 11) is -1.51. The lowest BCUT2D eigenvalue weighted by Gasteiger charge is -2.42. The van der Waals surface area contributed by atoms with Gasteiger partial charge in [-0.1, -0.05) is 57.0 Å². The second-order valence-electron chi connectivity index (χ2n) is 11.8. The van der Waals surface area contributed by atoms with E-state index in [1.165, 1.54) is 11.1 Å². The molecule has 2 heterocycles. The van der Waals surface area contributed by atoms with Crippen molar-refractivity contribution in [1.82, 2.24) is 4.72 Å². The number of hydrogen-bond acceptors (Lipinski definition) is 5. The van der Waals surface area contributed by atoms with Crippen molar-refractivity contribution in [2.45, 2.75) is 58.5 Å². The first-order chi connectivity index (χ1) is 19.2. The van der Waals surface area contributed by atoms with Gasteiger partial charge in [0.25, 0.3) is 5.91 Å². The number of nitrogens with one attached hydrogen (secondary N) is 1. The van der Waals surface area contributed by atoms with Gasteiger partial charge in [-0.05, 0) is 84.4 Å². The molecule has 1 saturated carbocycles. The van der Waals surface area contributed by atoms with Crippen LogP contribution in [0.5, 0.6) is 5.75 Å². The normalized spacial score (nSPS) is 31.7. The first-order valence-electron chi connectivity index (χ1n) is 14.6. The second-order valence-corrected chi connectivity index (χ2v) is 13.5. The number of fused-ring (bicyclic) bond motifs is 2. The predicted molar refractivity (Wildman–Crippen MR) is 163 cm³/mol. The third-order valence-corrected chi connectivity index (χ3v) is 10.5. The van der Waals surface area contributed by atoms with Gasteiger partial charge in [-0.2, -0.15) is 0 Å². The monoisotopic (exact) mass is 584 g/mol. The molecule has 1 amide bonds. The van der Waals surface area contributed by atoms with Crippen LogP contribution in [-0.2, 0) is 17.4 Å². The number of amides is 1. The molecule has 0 spiro atoms. The Morgan fingerprint density at radius 2 is 1.95 bits per heavy atom. The smallest absolute Gasteiger partial charge is 0.263 e. The summed E-state index contributed by atoms with van der Waals surface area (Å²) < 4.78 is 21.9. The van der Waals surface area contributed by atoms with Gasteiger partial charge in [0.05, 0.1) is 18.4 Å². The molecule has 0 saturated heterocycles. The number of aryl methyl sites for hydroxylation is 1. The van der Waals surface area contributed by atoms with Crippen LogP contribution in [0.4, 0.5) is 5.69 Å². The van der Waals surface area contributed by atoms with Crippen molar-refractivity contribution in [2.24, 2.45) is 23.7 Å². The van der Waals surface area contributed by atoms with Crippen molar-refractivity contribution < 1.29 is 18.8 Å². The molecule has 2 aliphatic heterocycles. The van der Waals surface area contributed by atoms with Crippen LogP contribution in [0.3, 0.4) is 0 Å². The molecule has 40 heavy (non-hydrogen) atoms. The van der Waals surface area contributed by atoms with Crippen LogP contribution in [0.15, 0.2) is 48.6 Å². The van der Waals surface area contributed by atoms with Crippen LogP contribution in [0, 0.1) is 23.7 Å². The van der Waals surface area contributed by atoms with Gasteiger partial charge >= 0.3 is 0 Å². The highest BCUT2D eigenvalue weighted by atomic mass is 35.5. The van der Waals surface area contributed by atoms with E-state index in [1.807, 2.05) is 37.3 Å². The van der Waals surface area contributed by atoms with Crippen molar-refractivity contribution >= 4 is 34.2 Å². The minimum Gasteiger partial charge on any atom is -0.491 e. The van der Waals surface area contributed by atoms with E-state index in [0.29, 0.717) is 23.8 Å². The van der Waals surface area contributed by atoms with Gasteiger partial charge in [0.15, 0.2) is 0 Å². The van der Waals surface area contributed by atoms with Gasteiger partial charge in [0.1, 0.15) is 16.7 Å². The highest BCUT2D eigenvalue weighted by molar-refractivity contribution is 7.83. The maximum atomic E-state index is 13.2. The first kappa shape index (κ1) is 29.2. The molecular weight excluding hydrogens is 544 g/mol. The molecule has 2 aromatic carbocycles. The quantitative estimate of drug-likeness (QED) is 0.439. The fraction of sp³-hybridized carbons (Fsp3) is 0.531. The third-order valence-electron chi connectivity index (χ3n) is 9.01. The summed E-state index contributed by atoms with van der Waals surface area (Å²) in [6, 6.07) is 11.6. The van der Waals surface area contributed by atoms with E-state index in [4.69, 9.17) is 16.3 Å². The van der Waals surface area contributed by atoms with E-state index < -0.39 is 17.1 Å². The SMILES string of the molecule is CCCc1cc(Cl)ccc1C1COc2ccc3cc2N(C1)CC1CCC1C(O)/C=C/[C@H](C)C(C)CS(=O)NC3=O. The van der Waals surface area contributed by atoms with Gasteiger partial charge in [0.2, 0.25) is 0 Å². The number of anilines is 1. The zero-order chi connectivity index (χ0) is 28.4. The Morgan fingerprint density at radius 3 is 2.70 bits per heavy atom. The highest BCUT2D eigenvalue weighted by Gasteiger charge is 2.38. The van der Waals surface area contributed by atoms with E-state index >= 15 is 0 Å². The Kier molecular flexibility index (Phi) is 9.23. The van der Waals surface area contributed by atoms with E-state index in [-0.39, 0.29) is 29.6 Å². The number of rotatable bonds is 3. The Hall–Kier alpha value is -2.35. The molecule has 216 valence electrons. The number of hydrogen-bond donors (Lipinski definition) is 2.